The van der Waals surface area contributed by atoms with Crippen molar-refractivity contribution in [3.63, 3.8) is 0 Å². The summed E-state index contributed by atoms with van der Waals surface area (Å²) < 4.78 is 1.98. The van der Waals surface area contributed by atoms with Gasteiger partial charge in [-0.15, -0.1) is 10.2 Å². The van der Waals surface area contributed by atoms with E-state index in [1.807, 2.05) is 41.8 Å². The van der Waals surface area contributed by atoms with Crippen LogP contribution in [0.2, 0.25) is 0 Å². The number of hydrogen-bond acceptors (Lipinski definition) is 3. The maximum Gasteiger partial charge on any atom is 0.141 e. The predicted octanol–water partition coefficient (Wildman–Crippen LogP) is 1.72. The molecule has 0 aliphatic rings. The summed E-state index contributed by atoms with van der Waals surface area (Å²) in [6.07, 6.45) is 1.73. The molecule has 0 aliphatic heterocycles. The summed E-state index contributed by atoms with van der Waals surface area (Å²) in [6, 6.07) is 10.1. The summed E-state index contributed by atoms with van der Waals surface area (Å²) in [6.45, 7) is 4.04. The van der Waals surface area contributed by atoms with Crippen LogP contribution < -0.4 is 5.73 Å². The van der Waals surface area contributed by atoms with Crippen LogP contribution in [-0.4, -0.2) is 20.8 Å². The van der Waals surface area contributed by atoms with Crippen LogP contribution in [0.5, 0.6) is 0 Å². The number of aromatic nitrogens is 3. The molecule has 1 aromatic carbocycles. The van der Waals surface area contributed by atoms with Crippen molar-refractivity contribution in [3.05, 3.63) is 42.5 Å². The van der Waals surface area contributed by atoms with E-state index in [0.717, 1.165) is 11.5 Å². The zero-order valence-electron chi connectivity index (χ0n) is 9.54. The van der Waals surface area contributed by atoms with Crippen LogP contribution >= 0.6 is 0 Å². The van der Waals surface area contributed by atoms with E-state index < -0.39 is 0 Å². The molecule has 2 aromatic rings. The maximum atomic E-state index is 5.89. The lowest BCUT2D eigenvalue weighted by Gasteiger charge is -2.15. The topological polar surface area (TPSA) is 56.7 Å². The van der Waals surface area contributed by atoms with Crippen LogP contribution in [0.3, 0.4) is 0 Å². The van der Waals surface area contributed by atoms with Gasteiger partial charge in [0.05, 0.1) is 0 Å². The molecule has 4 nitrogen and oxygen atoms in total. The third kappa shape index (κ3) is 1.97. The zero-order chi connectivity index (χ0) is 11.5. The number of benzene rings is 1. The number of rotatable bonds is 3. The lowest BCUT2D eigenvalue weighted by atomic mass is 10.0. The molecule has 2 N–H and O–H groups in total. The molecule has 0 aliphatic carbocycles. The summed E-state index contributed by atoms with van der Waals surface area (Å²) >= 11 is 0. The van der Waals surface area contributed by atoms with Gasteiger partial charge in [-0.2, -0.15) is 0 Å². The molecular formula is C12H16N4. The van der Waals surface area contributed by atoms with Crippen LogP contribution in [0, 0.1) is 0 Å². The van der Waals surface area contributed by atoms with E-state index in [-0.39, 0.29) is 12.0 Å². The maximum absolute atomic E-state index is 5.89. The zero-order valence-corrected chi connectivity index (χ0v) is 9.54. The number of hydrogen-bond donors (Lipinski definition) is 1. The Labute approximate surface area is 95.1 Å². The Hall–Kier alpha value is -1.68. The second-order valence-corrected chi connectivity index (χ2v) is 4.04. The molecule has 0 radical (unpaired) electrons. The highest BCUT2D eigenvalue weighted by molar-refractivity contribution is 5.32. The van der Waals surface area contributed by atoms with Gasteiger partial charge in [0.25, 0.3) is 0 Å². The van der Waals surface area contributed by atoms with Gasteiger partial charge < -0.3 is 5.73 Å². The third-order valence-corrected chi connectivity index (χ3v) is 2.80. The van der Waals surface area contributed by atoms with Crippen molar-refractivity contribution in [1.82, 2.24) is 14.8 Å². The molecule has 0 fully saturated rings. The molecule has 0 spiro atoms. The highest BCUT2D eigenvalue weighted by Gasteiger charge is 2.17. The van der Waals surface area contributed by atoms with Gasteiger partial charge >= 0.3 is 0 Å². The van der Waals surface area contributed by atoms with Crippen molar-refractivity contribution in [2.24, 2.45) is 5.73 Å². The Balaban J connectivity index is 2.40. The second-order valence-electron chi connectivity index (χ2n) is 4.04. The minimum Gasteiger partial charge on any atom is -0.327 e. The van der Waals surface area contributed by atoms with Crippen molar-refractivity contribution in [1.29, 1.82) is 0 Å². The molecule has 4 heteroatoms. The molecule has 2 rings (SSSR count). The van der Waals surface area contributed by atoms with Gasteiger partial charge in [0.15, 0.2) is 0 Å². The molecule has 2 unspecified atom stereocenters. The predicted molar refractivity (Wildman–Crippen MR) is 63.4 cm³/mol. The minimum absolute atomic E-state index is 0.0617. The molecule has 0 amide bonds. The Morgan fingerprint density at radius 3 is 2.50 bits per heavy atom. The number of nitrogens with two attached hydrogens (primary N) is 1. The van der Waals surface area contributed by atoms with Crippen molar-refractivity contribution < 1.29 is 0 Å². The summed E-state index contributed by atoms with van der Waals surface area (Å²) in [5.74, 6) is 1.09. The average molecular weight is 216 g/mol. The first kappa shape index (κ1) is 10.8. The molecule has 84 valence electrons. The van der Waals surface area contributed by atoms with Gasteiger partial charge in [-0.3, -0.25) is 4.57 Å². The Kier molecular flexibility index (Phi) is 3.01. The SMILES string of the molecule is CC(N)C(C)c1nncn1-c1ccccc1. The Morgan fingerprint density at radius 1 is 1.19 bits per heavy atom. The first-order valence-corrected chi connectivity index (χ1v) is 5.41. The quantitative estimate of drug-likeness (QED) is 0.849. The molecule has 0 bridgehead atoms. The third-order valence-electron chi connectivity index (χ3n) is 2.80. The summed E-state index contributed by atoms with van der Waals surface area (Å²) in [7, 11) is 0. The lowest BCUT2D eigenvalue weighted by Crippen LogP contribution is -2.24. The van der Waals surface area contributed by atoms with Crippen molar-refractivity contribution >= 4 is 0 Å². The van der Waals surface area contributed by atoms with E-state index in [2.05, 4.69) is 17.1 Å². The smallest absolute Gasteiger partial charge is 0.141 e. The highest BCUT2D eigenvalue weighted by atomic mass is 15.3. The van der Waals surface area contributed by atoms with E-state index in [4.69, 9.17) is 5.73 Å². The first-order chi connectivity index (χ1) is 7.70. The van der Waals surface area contributed by atoms with E-state index in [0.29, 0.717) is 0 Å². The average Bonchev–Trinajstić information content (AvgIpc) is 2.77. The molecule has 1 aromatic heterocycles. The Bertz CT molecular complexity index is 447. The normalized spacial score (nSPS) is 14.7. The van der Waals surface area contributed by atoms with E-state index in [9.17, 15) is 0 Å². The second kappa shape index (κ2) is 4.45. The van der Waals surface area contributed by atoms with Crippen LogP contribution in [0.1, 0.15) is 25.6 Å². The fourth-order valence-electron chi connectivity index (χ4n) is 1.58. The van der Waals surface area contributed by atoms with E-state index >= 15 is 0 Å². The minimum atomic E-state index is 0.0617. The van der Waals surface area contributed by atoms with Gasteiger partial charge in [0, 0.05) is 17.6 Å². The van der Waals surface area contributed by atoms with Gasteiger partial charge in [-0.25, -0.2) is 0 Å². The monoisotopic (exact) mass is 216 g/mol. The molecular weight excluding hydrogens is 200 g/mol. The fourth-order valence-corrected chi connectivity index (χ4v) is 1.58. The molecule has 0 saturated heterocycles. The van der Waals surface area contributed by atoms with Crippen molar-refractivity contribution in [3.8, 4) is 5.69 Å². The molecule has 1 heterocycles. The van der Waals surface area contributed by atoms with Crippen molar-refractivity contribution in [2.75, 3.05) is 0 Å². The standard InChI is InChI=1S/C12H16N4/c1-9(10(2)13)12-15-14-8-16(12)11-6-4-3-5-7-11/h3-10H,13H2,1-2H3. The van der Waals surface area contributed by atoms with Crippen LogP contribution in [0.4, 0.5) is 0 Å². The van der Waals surface area contributed by atoms with Gasteiger partial charge in [0.1, 0.15) is 12.2 Å². The van der Waals surface area contributed by atoms with E-state index in [1.54, 1.807) is 6.33 Å². The van der Waals surface area contributed by atoms with Crippen LogP contribution in [0.25, 0.3) is 5.69 Å². The molecule has 2 atom stereocenters. The summed E-state index contributed by atoms with van der Waals surface area (Å²) in [4.78, 5) is 0. The van der Waals surface area contributed by atoms with E-state index in [1.165, 1.54) is 0 Å². The highest BCUT2D eigenvalue weighted by Crippen LogP contribution is 2.18. The largest absolute Gasteiger partial charge is 0.327 e. The lowest BCUT2D eigenvalue weighted by molar-refractivity contribution is 0.571. The number of para-hydroxylation sites is 1. The first-order valence-electron chi connectivity index (χ1n) is 5.41. The van der Waals surface area contributed by atoms with Crippen LogP contribution in [-0.2, 0) is 0 Å². The van der Waals surface area contributed by atoms with Crippen LogP contribution in [0.15, 0.2) is 36.7 Å². The number of nitrogens with zero attached hydrogens (tertiary/aromatic N) is 3. The van der Waals surface area contributed by atoms with Gasteiger partial charge in [-0.05, 0) is 19.1 Å². The summed E-state index contributed by atoms with van der Waals surface area (Å²) in [5, 5.41) is 8.11. The molecule has 16 heavy (non-hydrogen) atoms. The van der Waals surface area contributed by atoms with Gasteiger partial charge in [0.2, 0.25) is 0 Å². The fraction of sp³-hybridized carbons (Fsp3) is 0.333. The van der Waals surface area contributed by atoms with Crippen molar-refractivity contribution in [2.45, 2.75) is 25.8 Å². The molecule has 0 saturated carbocycles. The Morgan fingerprint density at radius 2 is 1.88 bits per heavy atom. The summed E-state index contributed by atoms with van der Waals surface area (Å²) in [5.41, 5.74) is 6.96. The van der Waals surface area contributed by atoms with Gasteiger partial charge in [-0.1, -0.05) is 25.1 Å².